The highest BCUT2D eigenvalue weighted by atomic mass is 16.5. The molecule has 0 spiro atoms. The number of carbonyl (C=O) groups is 1. The first-order valence-corrected chi connectivity index (χ1v) is 11.6. The second kappa shape index (κ2) is 10.5. The Morgan fingerprint density at radius 1 is 1.11 bits per heavy atom. The number of methoxy groups -OCH3 is 1. The molecular formula is C27H27N3O5. The third-order valence-electron chi connectivity index (χ3n) is 5.79. The molecule has 2 aromatic heterocycles. The molecule has 0 aliphatic carbocycles. The van der Waals surface area contributed by atoms with Crippen LogP contribution in [0.1, 0.15) is 28.9 Å². The lowest BCUT2D eigenvalue weighted by atomic mass is 10.2. The first kappa shape index (κ1) is 22.7. The van der Waals surface area contributed by atoms with Gasteiger partial charge in [-0.1, -0.05) is 6.07 Å². The number of fused-ring (bicyclic) bond motifs is 1. The summed E-state index contributed by atoms with van der Waals surface area (Å²) >= 11 is 0. The Balaban J connectivity index is 1.21. The summed E-state index contributed by atoms with van der Waals surface area (Å²) in [4.78, 5) is 17.3. The van der Waals surface area contributed by atoms with Crippen molar-refractivity contribution in [3.05, 3.63) is 84.3 Å². The van der Waals surface area contributed by atoms with Crippen molar-refractivity contribution in [3.8, 4) is 17.2 Å². The van der Waals surface area contributed by atoms with Gasteiger partial charge in [0, 0.05) is 36.3 Å². The maximum atomic E-state index is 12.8. The van der Waals surface area contributed by atoms with Gasteiger partial charge in [-0.15, -0.1) is 0 Å². The summed E-state index contributed by atoms with van der Waals surface area (Å²) < 4.78 is 24.7. The van der Waals surface area contributed by atoms with Crippen LogP contribution >= 0.6 is 0 Å². The van der Waals surface area contributed by atoms with Gasteiger partial charge in [0.25, 0.3) is 5.91 Å². The van der Waals surface area contributed by atoms with Gasteiger partial charge in [0.1, 0.15) is 24.6 Å². The molecule has 0 radical (unpaired) electrons. The fourth-order valence-electron chi connectivity index (χ4n) is 3.95. The van der Waals surface area contributed by atoms with E-state index in [0.717, 1.165) is 30.8 Å². The number of anilines is 1. The number of ether oxygens (including phenoxy) is 4. The van der Waals surface area contributed by atoms with E-state index in [1.807, 2.05) is 35.0 Å². The van der Waals surface area contributed by atoms with Crippen LogP contribution in [0.5, 0.6) is 17.2 Å². The first-order valence-electron chi connectivity index (χ1n) is 11.6. The van der Waals surface area contributed by atoms with Gasteiger partial charge in [-0.05, 0) is 61.4 Å². The summed E-state index contributed by atoms with van der Waals surface area (Å²) in [5.41, 5.74) is 2.76. The number of hydrogen-bond acceptors (Lipinski definition) is 6. The van der Waals surface area contributed by atoms with Gasteiger partial charge >= 0.3 is 0 Å². The van der Waals surface area contributed by atoms with Crippen molar-refractivity contribution >= 4 is 17.2 Å². The van der Waals surface area contributed by atoms with Crippen LogP contribution in [0.3, 0.4) is 0 Å². The molecule has 8 nitrogen and oxygen atoms in total. The van der Waals surface area contributed by atoms with E-state index in [1.165, 1.54) is 0 Å². The zero-order valence-corrected chi connectivity index (χ0v) is 19.5. The molecule has 1 aliphatic heterocycles. The number of benzene rings is 2. The van der Waals surface area contributed by atoms with E-state index in [2.05, 4.69) is 10.3 Å². The highest BCUT2D eigenvalue weighted by molar-refractivity contribution is 6.04. The number of aromatic nitrogens is 2. The molecule has 8 heteroatoms. The fraction of sp³-hybridized carbons (Fsp3) is 0.259. The summed E-state index contributed by atoms with van der Waals surface area (Å²) in [7, 11) is 1.58. The van der Waals surface area contributed by atoms with Crippen LogP contribution in [0.15, 0.2) is 73.1 Å². The number of amides is 1. The molecule has 1 fully saturated rings. The van der Waals surface area contributed by atoms with Crippen LogP contribution in [0, 0.1) is 0 Å². The molecule has 1 atom stereocenters. The Kier molecular flexibility index (Phi) is 6.81. The molecule has 1 unspecified atom stereocenters. The van der Waals surface area contributed by atoms with Crippen LogP contribution in [-0.4, -0.2) is 41.7 Å². The fourth-order valence-corrected chi connectivity index (χ4v) is 3.95. The molecule has 1 amide bonds. The van der Waals surface area contributed by atoms with Gasteiger partial charge in [0.05, 0.1) is 18.9 Å². The highest BCUT2D eigenvalue weighted by Gasteiger charge is 2.16. The number of carbonyl (C=O) groups excluding carboxylic acids is 1. The molecule has 3 heterocycles. The zero-order valence-electron chi connectivity index (χ0n) is 19.5. The van der Waals surface area contributed by atoms with E-state index < -0.39 is 0 Å². The lowest BCUT2D eigenvalue weighted by Crippen LogP contribution is -2.16. The summed E-state index contributed by atoms with van der Waals surface area (Å²) in [6.07, 6.45) is 6.10. The maximum Gasteiger partial charge on any atom is 0.255 e. The molecular weight excluding hydrogens is 446 g/mol. The van der Waals surface area contributed by atoms with E-state index in [1.54, 1.807) is 49.6 Å². The van der Waals surface area contributed by atoms with Crippen molar-refractivity contribution in [2.45, 2.75) is 25.6 Å². The molecule has 5 rings (SSSR count). The monoisotopic (exact) mass is 473 g/mol. The first-order chi connectivity index (χ1) is 17.2. The van der Waals surface area contributed by atoms with Gasteiger partial charge in [-0.3, -0.25) is 4.79 Å². The topological polar surface area (TPSA) is 83.3 Å². The third-order valence-corrected chi connectivity index (χ3v) is 5.79. The van der Waals surface area contributed by atoms with Gasteiger partial charge < -0.3 is 28.7 Å². The molecule has 0 saturated carbocycles. The predicted molar refractivity (Wildman–Crippen MR) is 131 cm³/mol. The lowest BCUT2D eigenvalue weighted by molar-refractivity contribution is 0.0679. The summed E-state index contributed by atoms with van der Waals surface area (Å²) in [6, 6.07) is 18.2. The molecule has 35 heavy (non-hydrogen) atoms. The van der Waals surface area contributed by atoms with Crippen LogP contribution in [0.2, 0.25) is 0 Å². The Hall–Kier alpha value is -4.04. The molecule has 1 N–H and O–H groups in total. The SMILES string of the molecule is COc1ccc(NC(=O)c2ccc(OCC3CCCO3)cc2)cc1OCc1cn2ccccc2n1. The number of rotatable bonds is 9. The Labute approximate surface area is 203 Å². The van der Waals surface area contributed by atoms with Crippen molar-refractivity contribution in [3.63, 3.8) is 0 Å². The molecule has 0 bridgehead atoms. The van der Waals surface area contributed by atoms with E-state index in [-0.39, 0.29) is 18.6 Å². The largest absolute Gasteiger partial charge is 0.493 e. The molecule has 180 valence electrons. The highest BCUT2D eigenvalue weighted by Crippen LogP contribution is 2.31. The minimum Gasteiger partial charge on any atom is -0.493 e. The van der Waals surface area contributed by atoms with Crippen molar-refractivity contribution in [2.24, 2.45) is 0 Å². The van der Waals surface area contributed by atoms with Gasteiger partial charge in [-0.2, -0.15) is 0 Å². The van der Waals surface area contributed by atoms with Crippen LogP contribution < -0.4 is 19.5 Å². The van der Waals surface area contributed by atoms with Gasteiger partial charge in [0.15, 0.2) is 11.5 Å². The lowest BCUT2D eigenvalue weighted by Gasteiger charge is -2.13. The van der Waals surface area contributed by atoms with Crippen LogP contribution in [0.25, 0.3) is 5.65 Å². The summed E-state index contributed by atoms with van der Waals surface area (Å²) in [5, 5.41) is 2.91. The van der Waals surface area contributed by atoms with Crippen LogP contribution in [0.4, 0.5) is 5.69 Å². The normalized spacial score (nSPS) is 15.2. The van der Waals surface area contributed by atoms with E-state index >= 15 is 0 Å². The third kappa shape index (κ3) is 5.55. The van der Waals surface area contributed by atoms with E-state index in [9.17, 15) is 4.79 Å². The molecule has 1 saturated heterocycles. The second-order valence-electron chi connectivity index (χ2n) is 8.28. The standard InChI is InChI=1S/C27H27N3O5/c1-32-24-12-9-20(15-25(24)35-17-21-16-30-13-3-2-6-26(30)28-21)29-27(31)19-7-10-22(11-8-19)34-18-23-5-4-14-33-23/h2-3,6-13,15-16,23H,4-5,14,17-18H2,1H3,(H,29,31). The number of hydrogen-bond donors (Lipinski definition) is 1. The predicted octanol–water partition coefficient (Wildman–Crippen LogP) is 4.73. The average molecular weight is 474 g/mol. The molecule has 1 aliphatic rings. The zero-order chi connectivity index (χ0) is 24.0. The average Bonchev–Trinajstić information content (AvgIpc) is 3.56. The number of pyridine rings is 1. The number of imidazole rings is 1. The smallest absolute Gasteiger partial charge is 0.255 e. The van der Waals surface area contributed by atoms with E-state index in [0.29, 0.717) is 35.1 Å². The quantitative estimate of drug-likeness (QED) is 0.378. The Bertz CT molecular complexity index is 1260. The van der Waals surface area contributed by atoms with Gasteiger partial charge in [-0.25, -0.2) is 4.98 Å². The van der Waals surface area contributed by atoms with Crippen LogP contribution in [-0.2, 0) is 11.3 Å². The number of nitrogens with zero attached hydrogens (tertiary/aromatic N) is 2. The Morgan fingerprint density at radius 2 is 2.00 bits per heavy atom. The Morgan fingerprint density at radius 3 is 2.77 bits per heavy atom. The summed E-state index contributed by atoms with van der Waals surface area (Å²) in [6.45, 7) is 1.59. The van der Waals surface area contributed by atoms with Crippen molar-refractivity contribution in [2.75, 3.05) is 25.6 Å². The summed E-state index contributed by atoms with van der Waals surface area (Å²) in [5.74, 6) is 1.57. The molecule has 4 aromatic rings. The minimum atomic E-state index is -0.229. The van der Waals surface area contributed by atoms with Gasteiger partial charge in [0.2, 0.25) is 0 Å². The van der Waals surface area contributed by atoms with Crippen molar-refractivity contribution in [1.82, 2.24) is 9.38 Å². The minimum absolute atomic E-state index is 0.150. The van der Waals surface area contributed by atoms with Crippen molar-refractivity contribution < 1.29 is 23.7 Å². The molecule has 2 aromatic carbocycles. The maximum absolute atomic E-state index is 12.8. The van der Waals surface area contributed by atoms with Crippen molar-refractivity contribution in [1.29, 1.82) is 0 Å². The second-order valence-corrected chi connectivity index (χ2v) is 8.28. The number of nitrogens with one attached hydrogen (secondary N) is 1. The van der Waals surface area contributed by atoms with E-state index in [4.69, 9.17) is 18.9 Å².